The van der Waals surface area contributed by atoms with E-state index in [0.717, 1.165) is 22.0 Å². The smallest absolute Gasteiger partial charge is 0.407 e. The van der Waals surface area contributed by atoms with Crippen molar-refractivity contribution in [3.05, 3.63) is 107 Å². The number of nitrogens with zero attached hydrogens (tertiary/aromatic N) is 1. The van der Waals surface area contributed by atoms with E-state index >= 15 is 0 Å². The third-order valence-corrected chi connectivity index (χ3v) is 6.07. The summed E-state index contributed by atoms with van der Waals surface area (Å²) < 4.78 is 5.58. The van der Waals surface area contributed by atoms with E-state index in [1.165, 1.54) is 22.3 Å². The molecule has 0 unspecified atom stereocenters. The summed E-state index contributed by atoms with van der Waals surface area (Å²) in [5.41, 5.74) is 8.08. The summed E-state index contributed by atoms with van der Waals surface area (Å²) in [7, 11) is 0. The van der Waals surface area contributed by atoms with Crippen LogP contribution < -0.4 is 5.32 Å². The monoisotopic (exact) mass is 420 g/mol. The summed E-state index contributed by atoms with van der Waals surface area (Å²) in [5, 5.41) is 3.94. The molecule has 32 heavy (non-hydrogen) atoms. The molecule has 0 aliphatic heterocycles. The van der Waals surface area contributed by atoms with Gasteiger partial charge in [0.25, 0.3) is 0 Å². The van der Waals surface area contributed by atoms with Gasteiger partial charge in [0.2, 0.25) is 0 Å². The van der Waals surface area contributed by atoms with Crippen LogP contribution in [-0.4, -0.2) is 24.2 Å². The number of rotatable bonds is 5. The van der Waals surface area contributed by atoms with Gasteiger partial charge in [-0.05, 0) is 46.4 Å². The van der Waals surface area contributed by atoms with Crippen molar-refractivity contribution in [2.75, 3.05) is 13.2 Å². The number of hydrogen-bond acceptors (Lipinski definition) is 3. The lowest BCUT2D eigenvalue weighted by Crippen LogP contribution is -2.26. The second-order valence-electron chi connectivity index (χ2n) is 7.96. The van der Waals surface area contributed by atoms with Gasteiger partial charge in [-0.2, -0.15) is 0 Å². The normalized spacial score (nSPS) is 12.7. The van der Waals surface area contributed by atoms with Crippen LogP contribution in [0.5, 0.6) is 0 Å². The van der Waals surface area contributed by atoms with E-state index in [1.807, 2.05) is 48.7 Å². The number of carbonyl (C=O) groups excluding carboxylic acids is 1. The molecule has 0 spiro atoms. The minimum absolute atomic E-state index is 0.0661. The van der Waals surface area contributed by atoms with E-state index in [2.05, 4.69) is 59.7 Å². The van der Waals surface area contributed by atoms with Crippen molar-refractivity contribution in [1.29, 1.82) is 0 Å². The number of pyridine rings is 1. The molecule has 1 N–H and O–H groups in total. The Morgan fingerprint density at radius 1 is 0.969 bits per heavy atom. The van der Waals surface area contributed by atoms with Crippen molar-refractivity contribution in [3.8, 4) is 11.1 Å². The van der Waals surface area contributed by atoms with E-state index in [0.29, 0.717) is 13.2 Å². The molecule has 0 fully saturated rings. The number of fused-ring (bicyclic) bond motifs is 4. The largest absolute Gasteiger partial charge is 0.449 e. The fourth-order valence-corrected chi connectivity index (χ4v) is 4.46. The molecule has 5 rings (SSSR count). The van der Waals surface area contributed by atoms with Gasteiger partial charge in [0, 0.05) is 24.0 Å². The Morgan fingerprint density at radius 2 is 1.69 bits per heavy atom. The molecule has 158 valence electrons. The van der Waals surface area contributed by atoms with E-state index in [4.69, 9.17) is 4.74 Å². The molecule has 1 aliphatic carbocycles. The molecule has 3 aromatic carbocycles. The van der Waals surface area contributed by atoms with Crippen molar-refractivity contribution in [2.45, 2.75) is 12.8 Å². The van der Waals surface area contributed by atoms with Gasteiger partial charge in [-0.3, -0.25) is 4.98 Å². The lowest BCUT2D eigenvalue weighted by Gasteiger charge is -2.14. The van der Waals surface area contributed by atoms with Crippen molar-refractivity contribution >= 4 is 23.1 Å². The van der Waals surface area contributed by atoms with E-state index in [1.54, 1.807) is 0 Å². The Labute approximate surface area is 187 Å². The summed E-state index contributed by atoms with van der Waals surface area (Å²) >= 11 is 0. The first-order valence-electron chi connectivity index (χ1n) is 10.8. The number of hydrogen-bond donors (Lipinski definition) is 1. The number of alkyl carbamates (subject to hydrolysis) is 1. The van der Waals surface area contributed by atoms with Crippen molar-refractivity contribution in [1.82, 2.24) is 10.3 Å². The number of aryl methyl sites for hydroxylation is 1. The summed E-state index contributed by atoms with van der Waals surface area (Å²) in [5.74, 6) is 0.0661. The number of carbonyl (C=O) groups is 1. The van der Waals surface area contributed by atoms with Crippen LogP contribution in [-0.2, 0) is 4.74 Å². The average molecular weight is 421 g/mol. The lowest BCUT2D eigenvalue weighted by atomic mass is 9.98. The number of benzene rings is 3. The first-order valence-corrected chi connectivity index (χ1v) is 10.8. The van der Waals surface area contributed by atoms with Crippen LogP contribution in [0.2, 0.25) is 0 Å². The van der Waals surface area contributed by atoms with Gasteiger partial charge in [0.1, 0.15) is 6.61 Å². The van der Waals surface area contributed by atoms with Crippen LogP contribution in [0.25, 0.3) is 28.1 Å². The van der Waals surface area contributed by atoms with Crippen molar-refractivity contribution < 1.29 is 9.53 Å². The fourth-order valence-electron chi connectivity index (χ4n) is 4.46. The molecule has 1 amide bonds. The van der Waals surface area contributed by atoms with Gasteiger partial charge < -0.3 is 10.1 Å². The lowest BCUT2D eigenvalue weighted by molar-refractivity contribution is 0.144. The molecule has 4 nitrogen and oxygen atoms in total. The Hall–Kier alpha value is -3.92. The van der Waals surface area contributed by atoms with E-state index in [-0.39, 0.29) is 5.92 Å². The predicted octanol–water partition coefficient (Wildman–Crippen LogP) is 6.10. The van der Waals surface area contributed by atoms with Crippen LogP contribution >= 0.6 is 0 Å². The Bertz CT molecular complexity index is 1280. The molecule has 4 heteroatoms. The Morgan fingerprint density at radius 3 is 2.44 bits per heavy atom. The van der Waals surface area contributed by atoms with E-state index < -0.39 is 6.09 Å². The van der Waals surface area contributed by atoms with Gasteiger partial charge in [0.15, 0.2) is 0 Å². The molecule has 0 bridgehead atoms. The maximum atomic E-state index is 12.3. The topological polar surface area (TPSA) is 51.2 Å². The second kappa shape index (κ2) is 8.67. The van der Waals surface area contributed by atoms with Gasteiger partial charge in [-0.15, -0.1) is 0 Å². The van der Waals surface area contributed by atoms with Crippen LogP contribution in [0.15, 0.2) is 85.1 Å². The zero-order chi connectivity index (χ0) is 21.9. The summed E-state index contributed by atoms with van der Waals surface area (Å²) in [6.07, 6.45) is 5.33. The minimum atomic E-state index is -0.409. The van der Waals surface area contributed by atoms with Crippen molar-refractivity contribution in [3.63, 3.8) is 0 Å². The SMILES string of the molecule is Cc1c(C=CCNC(=O)OCC2c3ccccc3-c3ccccc32)ccc2cccnc12. The molecule has 0 atom stereocenters. The van der Waals surface area contributed by atoms with E-state index in [9.17, 15) is 4.79 Å². The van der Waals surface area contributed by atoms with Crippen LogP contribution in [0.3, 0.4) is 0 Å². The number of aromatic nitrogens is 1. The third-order valence-electron chi connectivity index (χ3n) is 6.07. The molecule has 0 saturated carbocycles. The third kappa shape index (κ3) is 3.76. The molecule has 0 radical (unpaired) electrons. The average Bonchev–Trinajstić information content (AvgIpc) is 3.15. The maximum Gasteiger partial charge on any atom is 0.407 e. The highest BCUT2D eigenvalue weighted by Crippen LogP contribution is 2.44. The van der Waals surface area contributed by atoms with Gasteiger partial charge in [-0.1, -0.05) is 78.9 Å². The van der Waals surface area contributed by atoms with Crippen LogP contribution in [0.1, 0.15) is 28.2 Å². The number of ether oxygens (including phenoxy) is 1. The Balaban J connectivity index is 1.19. The summed E-state index contributed by atoms with van der Waals surface area (Å²) in [4.78, 5) is 16.8. The van der Waals surface area contributed by atoms with Crippen LogP contribution in [0, 0.1) is 6.92 Å². The highest BCUT2D eigenvalue weighted by molar-refractivity contribution is 5.85. The molecular weight excluding hydrogens is 396 g/mol. The second-order valence-corrected chi connectivity index (χ2v) is 7.96. The first-order chi connectivity index (χ1) is 15.7. The van der Waals surface area contributed by atoms with Gasteiger partial charge >= 0.3 is 6.09 Å². The quantitative estimate of drug-likeness (QED) is 0.425. The molecule has 1 aliphatic rings. The number of amides is 1. The standard InChI is InChI=1S/C28H24N2O2/c1-19-20(14-15-21-9-7-16-29-27(19)21)8-6-17-30-28(31)32-18-26-24-12-4-2-10-22(24)23-11-3-5-13-25(23)26/h2-16,26H,17-18H2,1H3,(H,30,31). The van der Waals surface area contributed by atoms with Crippen molar-refractivity contribution in [2.24, 2.45) is 0 Å². The summed E-state index contributed by atoms with van der Waals surface area (Å²) in [6.45, 7) is 2.78. The summed E-state index contributed by atoms with van der Waals surface area (Å²) in [6, 6.07) is 24.8. The fraction of sp³-hybridized carbons (Fsp3) is 0.143. The molecule has 1 heterocycles. The Kier molecular flexibility index (Phi) is 5.42. The van der Waals surface area contributed by atoms with Crippen LogP contribution in [0.4, 0.5) is 4.79 Å². The maximum absolute atomic E-state index is 12.3. The minimum Gasteiger partial charge on any atom is -0.449 e. The zero-order valence-electron chi connectivity index (χ0n) is 17.9. The molecular formula is C28H24N2O2. The number of nitrogens with one attached hydrogen (secondary N) is 1. The predicted molar refractivity (Wildman–Crippen MR) is 129 cm³/mol. The van der Waals surface area contributed by atoms with Gasteiger partial charge in [-0.25, -0.2) is 4.79 Å². The molecule has 1 aromatic heterocycles. The van der Waals surface area contributed by atoms with Gasteiger partial charge in [0.05, 0.1) is 5.52 Å². The highest BCUT2D eigenvalue weighted by atomic mass is 16.5. The highest BCUT2D eigenvalue weighted by Gasteiger charge is 2.28. The molecule has 0 saturated heterocycles. The zero-order valence-corrected chi connectivity index (χ0v) is 17.9. The first kappa shape index (κ1) is 20.0. The molecule has 4 aromatic rings.